The highest BCUT2D eigenvalue weighted by Crippen LogP contribution is 2.44. The summed E-state index contributed by atoms with van der Waals surface area (Å²) in [5.74, 6) is -1.10. The second-order valence-electron chi connectivity index (χ2n) is 11.1. The zero-order chi connectivity index (χ0) is 33.7. The first-order valence-corrected chi connectivity index (χ1v) is 16.5. The van der Waals surface area contributed by atoms with Gasteiger partial charge < -0.3 is 14.2 Å². The molecule has 0 aliphatic carbocycles. The molecule has 0 unspecified atom stereocenters. The topological polar surface area (TPSA) is 119 Å². The van der Waals surface area contributed by atoms with E-state index in [1.165, 1.54) is 50.5 Å². The molecule has 7 aromatic rings. The number of hydrogen-bond acceptors (Lipinski definition) is 7. The Labute approximate surface area is 273 Å². The molecule has 1 amide bonds. The minimum atomic E-state index is -3.78. The van der Waals surface area contributed by atoms with Gasteiger partial charge in [0.1, 0.15) is 22.7 Å². The maximum Gasteiger partial charge on any atom is 0.255 e. The number of carbonyl (C=O) groups excluding carboxylic acids is 1. The molecular formula is C36H26F2N4O5S. The fraction of sp³-hybridized carbons (Fsp3) is 0.0833. The Bertz CT molecular complexity index is 2480. The molecule has 0 spiro atoms. The molecule has 12 heteroatoms. The van der Waals surface area contributed by atoms with Crippen molar-refractivity contribution in [1.82, 2.24) is 15.3 Å². The molecule has 1 N–H and O–H groups in total. The number of benzene rings is 4. The van der Waals surface area contributed by atoms with Gasteiger partial charge in [0.2, 0.25) is 15.9 Å². The lowest BCUT2D eigenvalue weighted by Gasteiger charge is -2.21. The summed E-state index contributed by atoms with van der Waals surface area (Å²) in [6.07, 6.45) is 4.36. The summed E-state index contributed by atoms with van der Waals surface area (Å²) in [5, 5.41) is 3.04. The van der Waals surface area contributed by atoms with Crippen molar-refractivity contribution in [2.75, 3.05) is 24.7 Å². The molecule has 0 atom stereocenters. The molecule has 4 aromatic carbocycles. The van der Waals surface area contributed by atoms with Crippen LogP contribution in [0.1, 0.15) is 10.4 Å². The van der Waals surface area contributed by atoms with Gasteiger partial charge in [0, 0.05) is 54.6 Å². The lowest BCUT2D eigenvalue weighted by Crippen LogP contribution is -2.25. The number of aromatic nitrogens is 2. The monoisotopic (exact) mass is 664 g/mol. The Balaban J connectivity index is 1.53. The fourth-order valence-electron chi connectivity index (χ4n) is 5.66. The maximum atomic E-state index is 14.7. The molecule has 0 saturated heterocycles. The van der Waals surface area contributed by atoms with Crippen LogP contribution in [0, 0.1) is 11.6 Å². The first-order valence-electron chi connectivity index (χ1n) is 14.7. The van der Waals surface area contributed by atoms with Crippen molar-refractivity contribution < 1.29 is 30.8 Å². The van der Waals surface area contributed by atoms with Gasteiger partial charge in [-0.2, -0.15) is 0 Å². The van der Waals surface area contributed by atoms with Crippen molar-refractivity contribution in [1.29, 1.82) is 0 Å². The molecule has 9 nitrogen and oxygen atoms in total. The lowest BCUT2D eigenvalue weighted by molar-refractivity contribution is 0.0964. The summed E-state index contributed by atoms with van der Waals surface area (Å²) >= 11 is 0. The molecule has 48 heavy (non-hydrogen) atoms. The zero-order valence-electron chi connectivity index (χ0n) is 25.8. The summed E-state index contributed by atoms with van der Waals surface area (Å²) < 4.78 is 67.7. The van der Waals surface area contributed by atoms with Crippen LogP contribution in [0.5, 0.6) is 0 Å². The number of nitrogens with one attached hydrogen (secondary N) is 1. The summed E-state index contributed by atoms with van der Waals surface area (Å²) in [6.45, 7) is 0. The summed E-state index contributed by atoms with van der Waals surface area (Å²) in [5.41, 5.74) is 4.48. The molecule has 3 aromatic heterocycles. The van der Waals surface area contributed by atoms with Gasteiger partial charge in [0.05, 0.1) is 17.5 Å². The highest BCUT2D eigenvalue weighted by Gasteiger charge is 2.27. The number of sulfonamides is 1. The number of para-hydroxylation sites is 1. The third kappa shape index (κ3) is 5.35. The van der Waals surface area contributed by atoms with E-state index in [1.807, 2.05) is 24.3 Å². The molecular weight excluding hydrogens is 638 g/mol. The van der Waals surface area contributed by atoms with E-state index in [4.69, 9.17) is 8.83 Å². The molecule has 0 aliphatic heterocycles. The van der Waals surface area contributed by atoms with Gasteiger partial charge >= 0.3 is 0 Å². The number of amides is 1. The van der Waals surface area contributed by atoms with Crippen molar-refractivity contribution in [3.8, 4) is 45.0 Å². The van der Waals surface area contributed by atoms with Gasteiger partial charge in [-0.1, -0.05) is 18.2 Å². The van der Waals surface area contributed by atoms with E-state index in [0.717, 1.165) is 16.1 Å². The molecule has 7 rings (SSSR count). The molecule has 3 heterocycles. The van der Waals surface area contributed by atoms with E-state index < -0.39 is 27.6 Å². The smallest absolute Gasteiger partial charge is 0.255 e. The number of nitrogens with zero attached hydrogens (tertiary/aromatic N) is 3. The number of pyridine rings is 1. The largest absolute Gasteiger partial charge is 0.455 e. The van der Waals surface area contributed by atoms with Gasteiger partial charge in [-0.05, 0) is 77.4 Å². The van der Waals surface area contributed by atoms with Gasteiger partial charge in [0.15, 0.2) is 11.4 Å². The summed E-state index contributed by atoms with van der Waals surface area (Å²) in [4.78, 5) is 21.9. The molecule has 0 radical (unpaired) electrons. The lowest BCUT2D eigenvalue weighted by atomic mass is 9.93. The predicted molar refractivity (Wildman–Crippen MR) is 180 cm³/mol. The standard InChI is InChI=1S/C36H26F2N4O5S/c1-39-35(43)32-27-18-25(29(42(2)48(3,44)45)19-31(27)46-34(32)21-7-10-23(37)11-8-21)22-9-12-24(20-13-15-40-16-14-20)26(17-22)36-41-33-28(38)5-4-6-30(33)47-36/h4-19H,1-3H3,(H,39,43). The second-order valence-corrected chi connectivity index (χ2v) is 13.1. The molecule has 240 valence electrons. The highest BCUT2D eigenvalue weighted by molar-refractivity contribution is 7.92. The van der Waals surface area contributed by atoms with Crippen molar-refractivity contribution >= 4 is 43.7 Å². The van der Waals surface area contributed by atoms with Crippen molar-refractivity contribution in [2.24, 2.45) is 0 Å². The van der Waals surface area contributed by atoms with E-state index in [-0.39, 0.29) is 39.6 Å². The number of hydrogen-bond donors (Lipinski definition) is 1. The van der Waals surface area contributed by atoms with Gasteiger partial charge in [0.25, 0.3) is 5.91 Å². The van der Waals surface area contributed by atoms with Gasteiger partial charge in [-0.15, -0.1) is 0 Å². The first kappa shape index (κ1) is 30.8. The van der Waals surface area contributed by atoms with Crippen LogP contribution >= 0.6 is 0 Å². The Morgan fingerprint density at radius 3 is 2.23 bits per heavy atom. The molecule has 0 bridgehead atoms. The highest BCUT2D eigenvalue weighted by atomic mass is 32.2. The normalized spacial score (nSPS) is 11.7. The van der Waals surface area contributed by atoms with E-state index in [9.17, 15) is 22.0 Å². The third-order valence-corrected chi connectivity index (χ3v) is 9.32. The van der Waals surface area contributed by atoms with Crippen molar-refractivity contribution in [3.05, 3.63) is 115 Å². The predicted octanol–water partition coefficient (Wildman–Crippen LogP) is 7.67. The van der Waals surface area contributed by atoms with E-state index in [0.29, 0.717) is 33.2 Å². The minimum Gasteiger partial charge on any atom is -0.455 e. The quantitative estimate of drug-likeness (QED) is 0.186. The average molecular weight is 665 g/mol. The average Bonchev–Trinajstić information content (AvgIpc) is 3.70. The van der Waals surface area contributed by atoms with E-state index in [2.05, 4.69) is 15.3 Å². The Morgan fingerprint density at radius 2 is 1.54 bits per heavy atom. The van der Waals surface area contributed by atoms with Crippen LogP contribution in [0.3, 0.4) is 0 Å². The summed E-state index contributed by atoms with van der Waals surface area (Å²) in [7, 11) is -0.883. The molecule has 0 fully saturated rings. The van der Waals surface area contributed by atoms with E-state index >= 15 is 0 Å². The first-order chi connectivity index (χ1) is 23.0. The van der Waals surface area contributed by atoms with E-state index in [1.54, 1.807) is 36.7 Å². The van der Waals surface area contributed by atoms with Crippen LogP contribution in [0.4, 0.5) is 14.5 Å². The second kappa shape index (κ2) is 11.7. The van der Waals surface area contributed by atoms with Crippen LogP contribution in [0.2, 0.25) is 0 Å². The third-order valence-electron chi connectivity index (χ3n) is 8.13. The summed E-state index contributed by atoms with van der Waals surface area (Å²) in [6, 6.07) is 22.2. The fourth-order valence-corrected chi connectivity index (χ4v) is 6.17. The number of oxazole rings is 1. The molecule has 0 aliphatic rings. The van der Waals surface area contributed by atoms with Crippen molar-refractivity contribution in [3.63, 3.8) is 0 Å². The van der Waals surface area contributed by atoms with Gasteiger partial charge in [-0.3, -0.25) is 14.1 Å². The Kier molecular flexibility index (Phi) is 7.52. The maximum absolute atomic E-state index is 14.7. The minimum absolute atomic E-state index is 0.0689. The number of rotatable bonds is 7. The van der Waals surface area contributed by atoms with Crippen LogP contribution in [0.25, 0.3) is 67.1 Å². The SMILES string of the molecule is CNC(=O)c1c(-c2ccc(F)cc2)oc2cc(N(C)S(C)(=O)=O)c(-c3ccc(-c4ccncc4)c(-c4nc5c(F)cccc5o4)c3)cc12. The zero-order valence-corrected chi connectivity index (χ0v) is 26.6. The van der Waals surface area contributed by atoms with Gasteiger partial charge in [-0.25, -0.2) is 22.2 Å². The number of halogens is 2. The Morgan fingerprint density at radius 1 is 0.812 bits per heavy atom. The van der Waals surface area contributed by atoms with Crippen LogP contribution in [0.15, 0.2) is 106 Å². The number of furan rings is 1. The van der Waals surface area contributed by atoms with Crippen LogP contribution < -0.4 is 9.62 Å². The number of fused-ring (bicyclic) bond motifs is 2. The van der Waals surface area contributed by atoms with Crippen LogP contribution in [-0.4, -0.2) is 44.6 Å². The number of anilines is 1. The van der Waals surface area contributed by atoms with Crippen LogP contribution in [-0.2, 0) is 10.0 Å². The number of carbonyl (C=O) groups is 1. The van der Waals surface area contributed by atoms with Crippen molar-refractivity contribution in [2.45, 2.75) is 0 Å². The Hall–Kier alpha value is -5.88. The molecule has 0 saturated carbocycles.